The zero-order chi connectivity index (χ0) is 13.7. The van der Waals surface area contributed by atoms with E-state index in [9.17, 15) is 0 Å². The molecule has 0 spiro atoms. The molecular formula is C14H18BrN3O. The van der Waals surface area contributed by atoms with Gasteiger partial charge in [-0.2, -0.15) is 0 Å². The second-order valence-corrected chi connectivity index (χ2v) is 5.29. The normalized spacial score (nSPS) is 12.8. The molecule has 0 radical (unpaired) electrons. The zero-order valence-corrected chi connectivity index (χ0v) is 12.5. The molecule has 0 fully saturated rings. The molecule has 1 atom stereocenters. The summed E-state index contributed by atoms with van der Waals surface area (Å²) in [5.74, 6) is 0.881. The Balaban J connectivity index is 1.98. The van der Waals surface area contributed by atoms with E-state index in [1.807, 2.05) is 30.5 Å². The van der Waals surface area contributed by atoms with Crippen LogP contribution in [0.5, 0.6) is 0 Å². The molecule has 0 saturated carbocycles. The molecule has 1 unspecified atom stereocenters. The van der Waals surface area contributed by atoms with Gasteiger partial charge >= 0.3 is 0 Å². The molecule has 4 nitrogen and oxygen atoms in total. The topological polar surface area (TPSA) is 55.3 Å². The molecule has 102 valence electrons. The van der Waals surface area contributed by atoms with Crippen LogP contribution in [0.1, 0.15) is 17.5 Å². The fraction of sp³-hybridized carbons (Fsp3) is 0.357. The summed E-state index contributed by atoms with van der Waals surface area (Å²) in [5, 5.41) is 0. The van der Waals surface area contributed by atoms with Gasteiger partial charge in [-0.15, -0.1) is 0 Å². The van der Waals surface area contributed by atoms with Gasteiger partial charge in [0.1, 0.15) is 5.76 Å². The minimum atomic E-state index is 0.0769. The summed E-state index contributed by atoms with van der Waals surface area (Å²) in [4.78, 5) is 6.52. The zero-order valence-electron chi connectivity index (χ0n) is 10.9. The summed E-state index contributed by atoms with van der Waals surface area (Å²) in [5.41, 5.74) is 6.95. The van der Waals surface area contributed by atoms with Gasteiger partial charge in [0.25, 0.3) is 0 Å². The molecule has 2 heterocycles. The first-order valence-corrected chi connectivity index (χ1v) is 7.04. The van der Waals surface area contributed by atoms with Gasteiger partial charge in [0.2, 0.25) is 0 Å². The average molecular weight is 324 g/mol. The van der Waals surface area contributed by atoms with Gasteiger partial charge in [-0.3, -0.25) is 9.88 Å². The fourth-order valence-electron chi connectivity index (χ4n) is 2.02. The molecule has 2 aromatic rings. The van der Waals surface area contributed by atoms with Gasteiger partial charge in [0.05, 0.1) is 16.8 Å². The van der Waals surface area contributed by atoms with E-state index < -0.39 is 0 Å². The summed E-state index contributed by atoms with van der Waals surface area (Å²) in [7, 11) is 2.05. The molecule has 2 aromatic heterocycles. The van der Waals surface area contributed by atoms with E-state index in [-0.39, 0.29) is 6.04 Å². The first kappa shape index (κ1) is 14.2. The van der Waals surface area contributed by atoms with Crippen molar-refractivity contribution in [1.82, 2.24) is 9.88 Å². The van der Waals surface area contributed by atoms with Gasteiger partial charge in [0.15, 0.2) is 0 Å². The summed E-state index contributed by atoms with van der Waals surface area (Å²) < 4.78 is 6.47. The van der Waals surface area contributed by atoms with E-state index >= 15 is 0 Å². The lowest BCUT2D eigenvalue weighted by Gasteiger charge is -2.25. The van der Waals surface area contributed by atoms with Gasteiger partial charge in [0, 0.05) is 31.4 Å². The van der Waals surface area contributed by atoms with Crippen LogP contribution in [0.15, 0.2) is 45.6 Å². The van der Waals surface area contributed by atoms with Gasteiger partial charge in [-0.05, 0) is 41.2 Å². The second kappa shape index (κ2) is 6.84. The van der Waals surface area contributed by atoms with Crippen molar-refractivity contribution in [2.24, 2.45) is 5.73 Å². The molecule has 5 heteroatoms. The number of rotatable bonds is 6. The molecule has 2 rings (SSSR count). The Morgan fingerprint density at radius 1 is 1.42 bits per heavy atom. The molecule has 0 aromatic carbocycles. The van der Waals surface area contributed by atoms with E-state index in [0.29, 0.717) is 6.54 Å². The number of pyridine rings is 1. The summed E-state index contributed by atoms with van der Waals surface area (Å²) in [6, 6.07) is 7.94. The van der Waals surface area contributed by atoms with Crippen LogP contribution in [0.2, 0.25) is 0 Å². The molecule has 0 amide bonds. The van der Waals surface area contributed by atoms with Crippen LogP contribution in [-0.2, 0) is 6.42 Å². The average Bonchev–Trinajstić information content (AvgIpc) is 2.85. The molecule has 0 aliphatic rings. The lowest BCUT2D eigenvalue weighted by Crippen LogP contribution is -2.32. The van der Waals surface area contributed by atoms with Crippen LogP contribution in [-0.4, -0.2) is 30.0 Å². The first-order valence-electron chi connectivity index (χ1n) is 6.25. The van der Waals surface area contributed by atoms with E-state index in [4.69, 9.17) is 10.2 Å². The smallest absolute Gasteiger partial charge is 0.136 e. The van der Waals surface area contributed by atoms with Gasteiger partial charge < -0.3 is 10.2 Å². The largest absolute Gasteiger partial charge is 0.466 e. The lowest BCUT2D eigenvalue weighted by molar-refractivity contribution is 0.221. The van der Waals surface area contributed by atoms with E-state index in [1.165, 1.54) is 0 Å². The van der Waals surface area contributed by atoms with Crippen molar-refractivity contribution in [3.05, 3.63) is 52.7 Å². The van der Waals surface area contributed by atoms with Crippen molar-refractivity contribution in [3.63, 3.8) is 0 Å². The Kier molecular flexibility index (Phi) is 5.13. The molecule has 19 heavy (non-hydrogen) atoms. The Bertz CT molecular complexity index is 500. The maximum atomic E-state index is 5.86. The van der Waals surface area contributed by atoms with E-state index in [1.54, 1.807) is 6.26 Å². The lowest BCUT2D eigenvalue weighted by atomic mass is 10.2. The molecule has 0 aliphatic carbocycles. The summed E-state index contributed by atoms with van der Waals surface area (Å²) >= 11 is 3.48. The molecule has 0 bridgehead atoms. The molecular weight excluding hydrogens is 306 g/mol. The Hall–Kier alpha value is -1.17. The predicted molar refractivity (Wildman–Crippen MR) is 78.8 cm³/mol. The highest BCUT2D eigenvalue weighted by Crippen LogP contribution is 2.27. The standard InChI is InChI=1S/C14H18BrN3O/c1-18(8-5-11-4-2-3-7-17-11)13(10-16)14-12(15)6-9-19-14/h2-4,6-7,9,13H,5,8,10,16H2,1H3. The van der Waals surface area contributed by atoms with Crippen LogP contribution < -0.4 is 5.73 Å². The monoisotopic (exact) mass is 323 g/mol. The van der Waals surface area contributed by atoms with Crippen LogP contribution in [0.3, 0.4) is 0 Å². The second-order valence-electron chi connectivity index (χ2n) is 4.44. The van der Waals surface area contributed by atoms with Gasteiger partial charge in [-0.25, -0.2) is 0 Å². The fourth-order valence-corrected chi connectivity index (χ4v) is 2.49. The van der Waals surface area contributed by atoms with Gasteiger partial charge in [-0.1, -0.05) is 6.07 Å². The third kappa shape index (κ3) is 3.65. The summed E-state index contributed by atoms with van der Waals surface area (Å²) in [6.07, 6.45) is 4.39. The number of halogens is 1. The maximum absolute atomic E-state index is 5.86. The molecule has 2 N–H and O–H groups in total. The highest BCUT2D eigenvalue weighted by molar-refractivity contribution is 9.10. The van der Waals surface area contributed by atoms with Crippen molar-refractivity contribution in [2.45, 2.75) is 12.5 Å². The first-order chi connectivity index (χ1) is 9.22. The number of aromatic nitrogens is 1. The number of furan rings is 1. The van der Waals surface area contributed by atoms with Crippen LogP contribution in [0.25, 0.3) is 0 Å². The number of nitrogens with two attached hydrogens (primary N) is 1. The number of nitrogens with zero attached hydrogens (tertiary/aromatic N) is 2. The predicted octanol–water partition coefficient (Wildman–Crippen LogP) is 2.61. The van der Waals surface area contributed by atoms with Crippen molar-refractivity contribution in [2.75, 3.05) is 20.1 Å². The van der Waals surface area contributed by atoms with Crippen LogP contribution >= 0.6 is 15.9 Å². The number of hydrogen-bond acceptors (Lipinski definition) is 4. The Morgan fingerprint density at radius 3 is 2.84 bits per heavy atom. The maximum Gasteiger partial charge on any atom is 0.136 e. The number of likely N-dealkylation sites (N-methyl/N-ethyl adjacent to an activating group) is 1. The van der Waals surface area contributed by atoms with E-state index in [0.717, 1.165) is 28.9 Å². The SMILES string of the molecule is CN(CCc1ccccn1)C(CN)c1occc1Br. The van der Waals surface area contributed by atoms with Crippen LogP contribution in [0.4, 0.5) is 0 Å². The minimum absolute atomic E-state index is 0.0769. The van der Waals surface area contributed by atoms with Crippen molar-refractivity contribution in [1.29, 1.82) is 0 Å². The van der Waals surface area contributed by atoms with Crippen molar-refractivity contribution >= 4 is 15.9 Å². The Morgan fingerprint density at radius 2 is 2.26 bits per heavy atom. The summed E-state index contributed by atoms with van der Waals surface area (Å²) in [6.45, 7) is 1.40. The molecule has 0 aliphatic heterocycles. The third-order valence-corrected chi connectivity index (χ3v) is 3.80. The van der Waals surface area contributed by atoms with E-state index in [2.05, 4.69) is 32.9 Å². The van der Waals surface area contributed by atoms with Crippen molar-refractivity contribution in [3.8, 4) is 0 Å². The molecule has 0 saturated heterocycles. The minimum Gasteiger partial charge on any atom is -0.466 e. The number of hydrogen-bond donors (Lipinski definition) is 1. The highest BCUT2D eigenvalue weighted by Gasteiger charge is 2.20. The Labute approximate surface area is 121 Å². The highest BCUT2D eigenvalue weighted by atomic mass is 79.9. The van der Waals surface area contributed by atoms with Crippen molar-refractivity contribution < 1.29 is 4.42 Å². The quantitative estimate of drug-likeness (QED) is 0.887. The third-order valence-electron chi connectivity index (χ3n) is 3.15. The van der Waals surface area contributed by atoms with Crippen LogP contribution in [0, 0.1) is 0 Å².